The largest absolute Gasteiger partial charge is 0.356 e. The Morgan fingerprint density at radius 1 is 1.27 bits per heavy atom. The van der Waals surface area contributed by atoms with E-state index < -0.39 is 17.9 Å². The Balaban J connectivity index is 1.51. The lowest BCUT2D eigenvalue weighted by atomic mass is 9.86. The van der Waals surface area contributed by atoms with Gasteiger partial charge in [-0.05, 0) is 55.5 Å². The zero-order valence-electron chi connectivity index (χ0n) is 18.1. The first kappa shape index (κ1) is 23.4. The van der Waals surface area contributed by atoms with Crippen LogP contribution in [-0.4, -0.2) is 52.7 Å². The van der Waals surface area contributed by atoms with Crippen molar-refractivity contribution in [1.82, 2.24) is 20.3 Å². The quantitative estimate of drug-likeness (QED) is 0.273. The fourth-order valence-electron chi connectivity index (χ4n) is 4.08. The Morgan fingerprint density at radius 3 is 2.73 bits per heavy atom. The van der Waals surface area contributed by atoms with E-state index >= 15 is 0 Å². The molecule has 0 aliphatic heterocycles. The molecule has 2 aromatic heterocycles. The van der Waals surface area contributed by atoms with E-state index in [2.05, 4.69) is 25.6 Å². The Bertz CT molecular complexity index is 1310. The number of anilines is 2. The highest BCUT2D eigenvalue weighted by molar-refractivity contribution is 7.90. The summed E-state index contributed by atoms with van der Waals surface area (Å²) in [5.74, 6) is 0.345. The maximum atomic E-state index is 12.7. The molecule has 1 aromatic carbocycles. The van der Waals surface area contributed by atoms with Crippen molar-refractivity contribution < 1.29 is 22.7 Å². The van der Waals surface area contributed by atoms with Gasteiger partial charge in [-0.2, -0.15) is 0 Å². The normalized spacial score (nSPS) is 16.8. The van der Waals surface area contributed by atoms with Crippen LogP contribution in [0.5, 0.6) is 0 Å². The van der Waals surface area contributed by atoms with Crippen molar-refractivity contribution in [2.45, 2.75) is 25.7 Å². The number of aromatic amines is 1. The van der Waals surface area contributed by atoms with Gasteiger partial charge in [0.2, 0.25) is 13.9 Å². The standard InChI is InChI=1S/C21H26N5O5PS/c1-33(30,31)10-2-9-22-21(27)13-3-8-17-16(11-13)18-19(23-12-24-20(18)26-17)25-14-4-6-15(7-5-14)32(28)29/h4-7,12-13,32H,2-3,8-11H2,1H3,(H,22,27)(H,28,29)(H2,23,24,25,26). The molecule has 0 saturated heterocycles. The molecule has 1 aliphatic rings. The lowest BCUT2D eigenvalue weighted by Crippen LogP contribution is -2.35. The number of amides is 1. The zero-order valence-corrected chi connectivity index (χ0v) is 19.9. The van der Waals surface area contributed by atoms with Crippen LogP contribution in [0.1, 0.15) is 24.1 Å². The van der Waals surface area contributed by atoms with Gasteiger partial charge in [0.15, 0.2) is 0 Å². The summed E-state index contributed by atoms with van der Waals surface area (Å²) in [4.78, 5) is 34.0. The van der Waals surface area contributed by atoms with E-state index in [9.17, 15) is 22.7 Å². The predicted molar refractivity (Wildman–Crippen MR) is 127 cm³/mol. The number of nitrogens with zero attached hydrogens (tertiary/aromatic N) is 2. The van der Waals surface area contributed by atoms with E-state index in [1.165, 1.54) is 12.6 Å². The summed E-state index contributed by atoms with van der Waals surface area (Å²) < 4.78 is 33.8. The van der Waals surface area contributed by atoms with E-state index in [1.54, 1.807) is 24.3 Å². The van der Waals surface area contributed by atoms with Crippen LogP contribution < -0.4 is 15.9 Å². The van der Waals surface area contributed by atoms with Crippen molar-refractivity contribution in [3.8, 4) is 0 Å². The van der Waals surface area contributed by atoms with Gasteiger partial charge in [0.25, 0.3) is 0 Å². The number of fused-ring (bicyclic) bond motifs is 3. The Morgan fingerprint density at radius 2 is 2.03 bits per heavy atom. The number of aryl methyl sites for hydroxylation is 1. The molecule has 2 heterocycles. The summed E-state index contributed by atoms with van der Waals surface area (Å²) >= 11 is 0. The molecular weight excluding hydrogens is 465 g/mol. The van der Waals surface area contributed by atoms with Crippen LogP contribution in [0.25, 0.3) is 11.0 Å². The minimum Gasteiger partial charge on any atom is -0.356 e. The highest BCUT2D eigenvalue weighted by atomic mass is 32.2. The van der Waals surface area contributed by atoms with Crippen molar-refractivity contribution in [1.29, 1.82) is 0 Å². The number of sulfone groups is 1. The summed E-state index contributed by atoms with van der Waals surface area (Å²) in [5.41, 5.74) is 3.42. The summed E-state index contributed by atoms with van der Waals surface area (Å²) in [6.45, 7) is 0.329. The van der Waals surface area contributed by atoms with Crippen LogP contribution in [0.2, 0.25) is 0 Å². The van der Waals surface area contributed by atoms with Crippen LogP contribution in [0.15, 0.2) is 30.6 Å². The van der Waals surface area contributed by atoms with Gasteiger partial charge in [-0.3, -0.25) is 9.36 Å². The second-order valence-corrected chi connectivity index (χ2v) is 11.7. The second-order valence-electron chi connectivity index (χ2n) is 8.25. The van der Waals surface area contributed by atoms with Crippen LogP contribution in [0, 0.1) is 5.92 Å². The SMILES string of the molecule is CS(=O)(=O)CCCNC(=O)C1CCc2[nH]c3ncnc(Nc4ccc([PH](=O)O)cc4)c3c2C1. The van der Waals surface area contributed by atoms with Crippen LogP contribution in [0.4, 0.5) is 11.5 Å². The van der Waals surface area contributed by atoms with E-state index in [-0.39, 0.29) is 17.6 Å². The molecule has 176 valence electrons. The summed E-state index contributed by atoms with van der Waals surface area (Å²) in [7, 11) is -5.79. The molecule has 10 nitrogen and oxygen atoms in total. The van der Waals surface area contributed by atoms with Crippen molar-refractivity contribution >= 4 is 51.6 Å². The lowest BCUT2D eigenvalue weighted by molar-refractivity contribution is -0.125. The first-order valence-electron chi connectivity index (χ1n) is 10.6. The molecule has 3 aromatic rings. The smallest absolute Gasteiger partial charge is 0.223 e. The van der Waals surface area contributed by atoms with Gasteiger partial charge < -0.3 is 20.5 Å². The van der Waals surface area contributed by atoms with E-state index in [1.807, 2.05) is 0 Å². The minimum absolute atomic E-state index is 0.0489. The fraction of sp³-hybridized carbons (Fsp3) is 0.381. The molecular formula is C21H26N5O5PS. The number of benzene rings is 1. The zero-order chi connectivity index (χ0) is 23.6. The molecule has 0 fully saturated rings. The van der Waals surface area contributed by atoms with Gasteiger partial charge >= 0.3 is 0 Å². The number of H-pyrrole nitrogens is 1. The first-order chi connectivity index (χ1) is 15.7. The van der Waals surface area contributed by atoms with Gasteiger partial charge in [-0.1, -0.05) is 0 Å². The summed E-state index contributed by atoms with van der Waals surface area (Å²) in [5, 5.41) is 7.31. The molecule has 0 radical (unpaired) electrons. The molecule has 1 aliphatic carbocycles. The average molecular weight is 492 g/mol. The molecule has 4 rings (SSSR count). The van der Waals surface area contributed by atoms with Crippen molar-refractivity contribution in [2.75, 3.05) is 23.9 Å². The van der Waals surface area contributed by atoms with Gasteiger partial charge in [-0.25, -0.2) is 18.4 Å². The lowest BCUT2D eigenvalue weighted by Gasteiger charge is -2.22. The third-order valence-corrected chi connectivity index (χ3v) is 7.59. The topological polar surface area (TPSA) is 154 Å². The first-order valence-corrected chi connectivity index (χ1v) is 14.0. The third-order valence-electron chi connectivity index (χ3n) is 5.73. The Kier molecular flexibility index (Phi) is 6.83. The van der Waals surface area contributed by atoms with E-state index in [0.717, 1.165) is 16.6 Å². The molecule has 0 spiro atoms. The monoisotopic (exact) mass is 491 g/mol. The Hall–Kier alpha value is -2.75. The minimum atomic E-state index is -3.04. The van der Waals surface area contributed by atoms with Crippen LogP contribution >= 0.6 is 8.03 Å². The molecule has 12 heteroatoms. The molecule has 0 bridgehead atoms. The predicted octanol–water partition coefficient (Wildman–Crippen LogP) is 1.45. The third kappa shape index (κ3) is 5.61. The molecule has 2 atom stereocenters. The maximum Gasteiger partial charge on any atom is 0.223 e. The number of hydrogen-bond acceptors (Lipinski definition) is 7. The number of carbonyl (C=O) groups is 1. The summed E-state index contributed by atoms with van der Waals surface area (Å²) in [6, 6.07) is 6.62. The molecule has 0 saturated carbocycles. The van der Waals surface area contributed by atoms with Gasteiger partial charge in [0.05, 0.1) is 11.1 Å². The number of nitrogens with one attached hydrogen (secondary N) is 3. The highest BCUT2D eigenvalue weighted by Gasteiger charge is 2.29. The number of hydrogen-bond donors (Lipinski definition) is 4. The molecule has 4 N–H and O–H groups in total. The van der Waals surface area contributed by atoms with Crippen molar-refractivity contribution in [3.63, 3.8) is 0 Å². The number of aromatic nitrogens is 3. The van der Waals surface area contributed by atoms with Crippen LogP contribution in [-0.2, 0) is 32.0 Å². The molecule has 2 unspecified atom stereocenters. The highest BCUT2D eigenvalue weighted by Crippen LogP contribution is 2.35. The van der Waals surface area contributed by atoms with Crippen LogP contribution in [0.3, 0.4) is 0 Å². The second kappa shape index (κ2) is 9.62. The van der Waals surface area contributed by atoms with Gasteiger partial charge in [-0.15, -0.1) is 0 Å². The number of carbonyl (C=O) groups excluding carboxylic acids is 1. The maximum absolute atomic E-state index is 12.7. The Labute approximate surface area is 192 Å². The molecule has 1 amide bonds. The molecule has 33 heavy (non-hydrogen) atoms. The van der Waals surface area contributed by atoms with Gasteiger partial charge in [0, 0.05) is 35.4 Å². The van der Waals surface area contributed by atoms with E-state index in [4.69, 9.17) is 0 Å². The van der Waals surface area contributed by atoms with E-state index in [0.29, 0.717) is 54.7 Å². The summed E-state index contributed by atoms with van der Waals surface area (Å²) in [6.07, 6.45) is 4.95. The average Bonchev–Trinajstić information content (AvgIpc) is 3.15. The number of rotatable bonds is 8. The van der Waals surface area contributed by atoms with Gasteiger partial charge in [0.1, 0.15) is 27.6 Å². The van der Waals surface area contributed by atoms with Crippen molar-refractivity contribution in [2.24, 2.45) is 5.92 Å². The fourth-order valence-corrected chi connectivity index (χ4v) is 5.20. The van der Waals surface area contributed by atoms with Crippen molar-refractivity contribution in [3.05, 3.63) is 41.9 Å².